The van der Waals surface area contributed by atoms with Gasteiger partial charge in [-0.05, 0) is 25.0 Å². The van der Waals surface area contributed by atoms with Crippen molar-refractivity contribution in [1.29, 1.82) is 0 Å². The van der Waals surface area contributed by atoms with Gasteiger partial charge in [-0.1, -0.05) is 60.2 Å². The second kappa shape index (κ2) is 7.04. The van der Waals surface area contributed by atoms with Crippen LogP contribution in [0.5, 0.6) is 0 Å². The fourth-order valence-electron chi connectivity index (χ4n) is 2.39. The number of aliphatic carboxylic acids is 1. The SMILES string of the molecule is Cc1cccc([C@@H](C)NCC(C(=O)O)c2ccccc2)c1. The first-order chi connectivity index (χ1) is 10.1. The average molecular weight is 283 g/mol. The molecular weight excluding hydrogens is 262 g/mol. The van der Waals surface area contributed by atoms with E-state index in [1.54, 1.807) is 0 Å². The van der Waals surface area contributed by atoms with Crippen LogP contribution in [0, 0.1) is 6.92 Å². The molecular formula is C18H21NO2. The minimum absolute atomic E-state index is 0.121. The molecule has 0 aliphatic rings. The summed E-state index contributed by atoms with van der Waals surface area (Å²) in [7, 11) is 0. The molecule has 0 aromatic heterocycles. The van der Waals surface area contributed by atoms with Crippen LogP contribution in [0.1, 0.15) is 35.6 Å². The molecule has 21 heavy (non-hydrogen) atoms. The Bertz CT molecular complexity index is 595. The molecule has 0 amide bonds. The van der Waals surface area contributed by atoms with Crippen molar-refractivity contribution in [2.75, 3.05) is 6.54 Å². The Kier molecular flexibility index (Phi) is 5.12. The van der Waals surface area contributed by atoms with Crippen molar-refractivity contribution in [2.24, 2.45) is 0 Å². The van der Waals surface area contributed by atoms with Gasteiger partial charge < -0.3 is 10.4 Å². The third kappa shape index (κ3) is 4.17. The quantitative estimate of drug-likeness (QED) is 0.853. The second-order valence-corrected chi connectivity index (χ2v) is 5.35. The lowest BCUT2D eigenvalue weighted by molar-refractivity contribution is -0.138. The van der Waals surface area contributed by atoms with Gasteiger partial charge in [-0.2, -0.15) is 0 Å². The largest absolute Gasteiger partial charge is 0.481 e. The molecule has 3 heteroatoms. The van der Waals surface area contributed by atoms with E-state index in [1.165, 1.54) is 11.1 Å². The number of aryl methyl sites for hydroxylation is 1. The van der Waals surface area contributed by atoms with Gasteiger partial charge in [0.15, 0.2) is 0 Å². The van der Waals surface area contributed by atoms with E-state index in [1.807, 2.05) is 36.4 Å². The van der Waals surface area contributed by atoms with Crippen LogP contribution in [0.3, 0.4) is 0 Å². The summed E-state index contributed by atoms with van der Waals surface area (Å²) in [6.45, 7) is 4.52. The highest BCUT2D eigenvalue weighted by Gasteiger charge is 2.20. The molecule has 0 fully saturated rings. The predicted octanol–water partition coefficient (Wildman–Crippen LogP) is 3.51. The first kappa shape index (κ1) is 15.3. The maximum atomic E-state index is 11.5. The van der Waals surface area contributed by atoms with E-state index in [0.717, 1.165) is 5.56 Å². The molecule has 2 N–H and O–H groups in total. The number of hydrogen-bond acceptors (Lipinski definition) is 2. The van der Waals surface area contributed by atoms with Crippen LogP contribution in [-0.4, -0.2) is 17.6 Å². The first-order valence-corrected chi connectivity index (χ1v) is 7.15. The maximum absolute atomic E-state index is 11.5. The van der Waals surface area contributed by atoms with Gasteiger partial charge in [-0.25, -0.2) is 0 Å². The van der Waals surface area contributed by atoms with E-state index in [0.29, 0.717) is 6.54 Å². The Balaban J connectivity index is 2.04. The molecule has 0 spiro atoms. The molecule has 110 valence electrons. The molecule has 0 aliphatic carbocycles. The number of carbonyl (C=O) groups is 1. The van der Waals surface area contributed by atoms with E-state index in [4.69, 9.17) is 0 Å². The summed E-state index contributed by atoms with van der Waals surface area (Å²) in [4.78, 5) is 11.5. The molecule has 0 bridgehead atoms. The fourth-order valence-corrected chi connectivity index (χ4v) is 2.39. The van der Waals surface area contributed by atoms with E-state index in [9.17, 15) is 9.90 Å². The van der Waals surface area contributed by atoms with Gasteiger partial charge in [-0.3, -0.25) is 4.79 Å². The number of rotatable bonds is 6. The predicted molar refractivity (Wildman–Crippen MR) is 84.4 cm³/mol. The molecule has 0 radical (unpaired) electrons. The van der Waals surface area contributed by atoms with Crippen LogP contribution in [-0.2, 0) is 4.79 Å². The number of benzene rings is 2. The summed E-state index contributed by atoms with van der Waals surface area (Å²) in [6.07, 6.45) is 0. The van der Waals surface area contributed by atoms with Crippen LogP contribution in [0.15, 0.2) is 54.6 Å². The van der Waals surface area contributed by atoms with E-state index < -0.39 is 11.9 Å². The molecule has 1 unspecified atom stereocenters. The standard InChI is InChI=1S/C18H21NO2/c1-13-7-6-10-16(11-13)14(2)19-12-17(18(20)21)15-8-4-3-5-9-15/h3-11,14,17,19H,12H2,1-2H3,(H,20,21)/t14-,17?/m1/s1. The Morgan fingerprint density at radius 3 is 2.38 bits per heavy atom. The minimum Gasteiger partial charge on any atom is -0.481 e. The fraction of sp³-hybridized carbons (Fsp3) is 0.278. The summed E-state index contributed by atoms with van der Waals surface area (Å²) in [5.41, 5.74) is 3.21. The molecule has 3 nitrogen and oxygen atoms in total. The topological polar surface area (TPSA) is 49.3 Å². The number of nitrogens with one attached hydrogen (secondary N) is 1. The number of hydrogen-bond donors (Lipinski definition) is 2. The molecule has 0 saturated heterocycles. The Labute approximate surface area is 125 Å². The Morgan fingerprint density at radius 2 is 1.76 bits per heavy atom. The van der Waals surface area contributed by atoms with Crippen LogP contribution in [0.25, 0.3) is 0 Å². The van der Waals surface area contributed by atoms with Gasteiger partial charge in [0.05, 0.1) is 5.92 Å². The molecule has 0 saturated carbocycles. The summed E-state index contributed by atoms with van der Waals surface area (Å²) < 4.78 is 0. The normalized spacial score (nSPS) is 13.6. The van der Waals surface area contributed by atoms with Gasteiger partial charge in [-0.15, -0.1) is 0 Å². The highest BCUT2D eigenvalue weighted by atomic mass is 16.4. The molecule has 2 rings (SSSR count). The van der Waals surface area contributed by atoms with Crippen LogP contribution >= 0.6 is 0 Å². The summed E-state index contributed by atoms with van der Waals surface area (Å²) in [5, 5.41) is 12.7. The molecule has 0 heterocycles. The minimum atomic E-state index is -0.801. The highest BCUT2D eigenvalue weighted by molar-refractivity contribution is 5.76. The van der Waals surface area contributed by atoms with Crippen molar-refractivity contribution in [3.8, 4) is 0 Å². The van der Waals surface area contributed by atoms with E-state index in [2.05, 4.69) is 37.4 Å². The lowest BCUT2D eigenvalue weighted by atomic mass is 9.98. The van der Waals surface area contributed by atoms with Gasteiger partial charge in [0.2, 0.25) is 0 Å². The van der Waals surface area contributed by atoms with Gasteiger partial charge >= 0.3 is 5.97 Å². The van der Waals surface area contributed by atoms with Crippen molar-refractivity contribution in [3.05, 3.63) is 71.3 Å². The molecule has 2 aromatic carbocycles. The summed E-state index contributed by atoms with van der Waals surface area (Å²) >= 11 is 0. The highest BCUT2D eigenvalue weighted by Crippen LogP contribution is 2.18. The van der Waals surface area contributed by atoms with Crippen molar-refractivity contribution in [2.45, 2.75) is 25.8 Å². The van der Waals surface area contributed by atoms with Crippen molar-refractivity contribution >= 4 is 5.97 Å². The van der Waals surface area contributed by atoms with E-state index in [-0.39, 0.29) is 6.04 Å². The van der Waals surface area contributed by atoms with Gasteiger partial charge in [0.25, 0.3) is 0 Å². The van der Waals surface area contributed by atoms with E-state index >= 15 is 0 Å². The van der Waals surface area contributed by atoms with Crippen LogP contribution in [0.2, 0.25) is 0 Å². The zero-order chi connectivity index (χ0) is 15.2. The number of carboxylic acids is 1. The zero-order valence-corrected chi connectivity index (χ0v) is 12.4. The van der Waals surface area contributed by atoms with Crippen molar-refractivity contribution in [1.82, 2.24) is 5.32 Å². The first-order valence-electron chi connectivity index (χ1n) is 7.15. The third-order valence-corrected chi connectivity index (χ3v) is 3.67. The molecule has 2 aromatic rings. The summed E-state index contributed by atoms with van der Waals surface area (Å²) in [6, 6.07) is 17.7. The third-order valence-electron chi connectivity index (χ3n) is 3.67. The van der Waals surface area contributed by atoms with Crippen molar-refractivity contribution < 1.29 is 9.90 Å². The molecule has 0 aliphatic heterocycles. The van der Waals surface area contributed by atoms with Crippen molar-refractivity contribution in [3.63, 3.8) is 0 Å². The second-order valence-electron chi connectivity index (χ2n) is 5.35. The Hall–Kier alpha value is -2.13. The average Bonchev–Trinajstić information content (AvgIpc) is 2.48. The zero-order valence-electron chi connectivity index (χ0n) is 12.4. The van der Waals surface area contributed by atoms with Gasteiger partial charge in [0, 0.05) is 12.6 Å². The lowest BCUT2D eigenvalue weighted by Gasteiger charge is -2.19. The summed E-state index contributed by atoms with van der Waals surface area (Å²) in [5.74, 6) is -1.33. The lowest BCUT2D eigenvalue weighted by Crippen LogP contribution is -2.29. The van der Waals surface area contributed by atoms with Crippen LogP contribution < -0.4 is 5.32 Å². The monoisotopic (exact) mass is 283 g/mol. The maximum Gasteiger partial charge on any atom is 0.312 e. The Morgan fingerprint density at radius 1 is 1.10 bits per heavy atom. The molecule has 2 atom stereocenters. The van der Waals surface area contributed by atoms with Gasteiger partial charge in [0.1, 0.15) is 0 Å². The smallest absolute Gasteiger partial charge is 0.312 e. The van der Waals surface area contributed by atoms with Crippen LogP contribution in [0.4, 0.5) is 0 Å². The number of carboxylic acid groups (broad SMARTS) is 1.